The lowest BCUT2D eigenvalue weighted by Crippen LogP contribution is -2.29. The average molecular weight is 203 g/mol. The number of hydrogen-bond acceptors (Lipinski definition) is 2. The Morgan fingerprint density at radius 3 is 2.40 bits per heavy atom. The molecule has 4 rings (SSSR count). The van der Waals surface area contributed by atoms with E-state index in [1.165, 1.54) is 0 Å². The Morgan fingerprint density at radius 2 is 1.93 bits per heavy atom. The van der Waals surface area contributed by atoms with E-state index in [0.717, 1.165) is 24.3 Å². The highest BCUT2D eigenvalue weighted by Gasteiger charge is 2.50. The molecule has 2 heterocycles. The lowest BCUT2D eigenvalue weighted by molar-refractivity contribution is -0.119. The molecule has 1 saturated carbocycles. The van der Waals surface area contributed by atoms with Crippen LogP contribution in [0.4, 0.5) is 5.69 Å². The molecule has 1 aromatic carbocycles. The Balaban J connectivity index is 1.90. The number of carbonyl (C=O) groups is 1. The first-order valence-corrected chi connectivity index (χ1v) is 5.26. The van der Waals surface area contributed by atoms with Crippen LogP contribution in [-0.4, -0.2) is 19.1 Å². The summed E-state index contributed by atoms with van der Waals surface area (Å²) < 4.78 is 5.09. The van der Waals surface area contributed by atoms with Crippen molar-refractivity contribution >= 4 is 11.6 Å². The van der Waals surface area contributed by atoms with Crippen molar-refractivity contribution in [2.75, 3.05) is 12.0 Å². The second-order valence-electron chi connectivity index (χ2n) is 4.23. The van der Waals surface area contributed by atoms with Crippen LogP contribution < -0.4 is 9.64 Å². The van der Waals surface area contributed by atoms with Crippen LogP contribution in [0, 0.1) is 5.92 Å². The van der Waals surface area contributed by atoms with Crippen molar-refractivity contribution in [1.82, 2.24) is 0 Å². The zero-order chi connectivity index (χ0) is 10.4. The normalized spacial score (nSPS) is 27.8. The first kappa shape index (κ1) is 8.77. The van der Waals surface area contributed by atoms with Crippen LogP contribution in [-0.2, 0) is 4.79 Å². The third-order valence-corrected chi connectivity index (χ3v) is 3.42. The van der Waals surface area contributed by atoms with Crippen molar-refractivity contribution in [2.24, 2.45) is 5.92 Å². The molecule has 3 fully saturated rings. The maximum absolute atomic E-state index is 11.8. The summed E-state index contributed by atoms with van der Waals surface area (Å²) in [6.07, 6.45) is 2.09. The van der Waals surface area contributed by atoms with Crippen LogP contribution in [0.25, 0.3) is 0 Å². The zero-order valence-electron chi connectivity index (χ0n) is 8.64. The lowest BCUT2D eigenvalue weighted by atomic mass is 9.86. The van der Waals surface area contributed by atoms with E-state index in [1.54, 1.807) is 7.11 Å². The fourth-order valence-corrected chi connectivity index (χ4v) is 2.46. The number of rotatable bonds is 2. The quantitative estimate of drug-likeness (QED) is 0.733. The van der Waals surface area contributed by atoms with Crippen LogP contribution in [0.5, 0.6) is 5.75 Å². The van der Waals surface area contributed by atoms with Gasteiger partial charge in [0.2, 0.25) is 5.91 Å². The van der Waals surface area contributed by atoms with Gasteiger partial charge in [-0.05, 0) is 37.1 Å². The molecule has 78 valence electrons. The van der Waals surface area contributed by atoms with Gasteiger partial charge in [0.1, 0.15) is 5.75 Å². The minimum Gasteiger partial charge on any atom is -0.497 e. The van der Waals surface area contributed by atoms with Crippen LogP contribution >= 0.6 is 0 Å². The molecule has 0 atom stereocenters. The van der Waals surface area contributed by atoms with Crippen LogP contribution in [0.2, 0.25) is 0 Å². The molecule has 2 aliphatic heterocycles. The number of benzene rings is 1. The van der Waals surface area contributed by atoms with Crippen molar-refractivity contribution in [3.8, 4) is 5.75 Å². The molecule has 2 saturated heterocycles. The number of carbonyl (C=O) groups excluding carboxylic acids is 1. The summed E-state index contributed by atoms with van der Waals surface area (Å²) in [5, 5.41) is 0. The number of amides is 1. The molecule has 3 nitrogen and oxygen atoms in total. The third-order valence-electron chi connectivity index (χ3n) is 3.42. The predicted octanol–water partition coefficient (Wildman–Crippen LogP) is 1.82. The highest BCUT2D eigenvalue weighted by atomic mass is 16.5. The molecular weight excluding hydrogens is 190 g/mol. The van der Waals surface area contributed by atoms with Crippen LogP contribution in [0.1, 0.15) is 12.8 Å². The van der Waals surface area contributed by atoms with E-state index in [4.69, 9.17) is 4.74 Å². The fraction of sp³-hybridized carbons (Fsp3) is 0.417. The van der Waals surface area contributed by atoms with E-state index in [9.17, 15) is 4.79 Å². The van der Waals surface area contributed by atoms with Crippen molar-refractivity contribution in [2.45, 2.75) is 18.9 Å². The van der Waals surface area contributed by atoms with E-state index in [2.05, 4.69) is 0 Å². The molecule has 1 aromatic rings. The molecule has 3 aliphatic rings. The topological polar surface area (TPSA) is 29.5 Å². The van der Waals surface area contributed by atoms with Gasteiger partial charge in [0.15, 0.2) is 0 Å². The standard InChI is InChI=1S/C12H13NO2/c1-15-11-4-2-9(3-5-11)13-10-6-8(7-10)12(13)14/h2-5,8,10H,6-7H2,1H3. The van der Waals surface area contributed by atoms with E-state index in [1.807, 2.05) is 29.2 Å². The second-order valence-corrected chi connectivity index (χ2v) is 4.23. The minimum atomic E-state index is 0.296. The molecule has 0 radical (unpaired) electrons. The monoisotopic (exact) mass is 203 g/mol. The van der Waals surface area contributed by atoms with E-state index in [-0.39, 0.29) is 0 Å². The molecule has 2 bridgehead atoms. The first-order chi connectivity index (χ1) is 7.29. The molecule has 1 aliphatic carbocycles. The number of anilines is 1. The molecule has 3 heteroatoms. The summed E-state index contributed by atoms with van der Waals surface area (Å²) >= 11 is 0. The van der Waals surface area contributed by atoms with Gasteiger partial charge in [-0.2, -0.15) is 0 Å². The summed E-state index contributed by atoms with van der Waals surface area (Å²) in [4.78, 5) is 13.7. The highest BCUT2D eigenvalue weighted by Crippen LogP contribution is 2.44. The number of ether oxygens (including phenoxy) is 1. The Kier molecular flexibility index (Phi) is 1.75. The SMILES string of the molecule is COc1ccc(N2C(=O)C3CC2C3)cc1. The van der Waals surface area contributed by atoms with Crippen molar-refractivity contribution in [3.05, 3.63) is 24.3 Å². The van der Waals surface area contributed by atoms with Gasteiger partial charge in [-0.3, -0.25) is 4.79 Å². The Bertz CT molecular complexity index is 393. The van der Waals surface area contributed by atoms with Crippen molar-refractivity contribution in [3.63, 3.8) is 0 Å². The molecule has 15 heavy (non-hydrogen) atoms. The molecular formula is C12H13NO2. The molecule has 0 aromatic heterocycles. The van der Waals surface area contributed by atoms with Gasteiger partial charge in [-0.25, -0.2) is 0 Å². The Morgan fingerprint density at radius 1 is 1.27 bits per heavy atom. The number of fused-ring (bicyclic) bond motifs is 1. The molecule has 0 spiro atoms. The van der Waals surface area contributed by atoms with Gasteiger partial charge >= 0.3 is 0 Å². The van der Waals surface area contributed by atoms with Gasteiger partial charge in [-0.1, -0.05) is 0 Å². The number of methoxy groups -OCH3 is 1. The van der Waals surface area contributed by atoms with Gasteiger partial charge in [0, 0.05) is 17.6 Å². The smallest absolute Gasteiger partial charge is 0.230 e. The maximum atomic E-state index is 11.8. The highest BCUT2D eigenvalue weighted by molar-refractivity contribution is 6.00. The summed E-state index contributed by atoms with van der Waals surface area (Å²) in [7, 11) is 1.65. The third kappa shape index (κ3) is 1.16. The molecule has 1 amide bonds. The maximum Gasteiger partial charge on any atom is 0.230 e. The summed E-state index contributed by atoms with van der Waals surface area (Å²) in [5.74, 6) is 1.43. The largest absolute Gasteiger partial charge is 0.497 e. The van der Waals surface area contributed by atoms with E-state index in [0.29, 0.717) is 17.9 Å². The Labute approximate surface area is 88.6 Å². The van der Waals surface area contributed by atoms with Crippen LogP contribution in [0.3, 0.4) is 0 Å². The first-order valence-electron chi connectivity index (χ1n) is 5.26. The van der Waals surface area contributed by atoms with Crippen molar-refractivity contribution in [1.29, 1.82) is 0 Å². The van der Waals surface area contributed by atoms with Gasteiger partial charge in [0.25, 0.3) is 0 Å². The number of hydrogen-bond donors (Lipinski definition) is 0. The van der Waals surface area contributed by atoms with Gasteiger partial charge < -0.3 is 9.64 Å². The van der Waals surface area contributed by atoms with Crippen LogP contribution in [0.15, 0.2) is 24.3 Å². The summed E-state index contributed by atoms with van der Waals surface area (Å²) in [6.45, 7) is 0. The van der Waals surface area contributed by atoms with Crippen molar-refractivity contribution < 1.29 is 9.53 Å². The van der Waals surface area contributed by atoms with Gasteiger partial charge in [0.05, 0.1) is 7.11 Å². The average Bonchev–Trinajstić information content (AvgIpc) is 2.69. The Hall–Kier alpha value is -1.51. The van der Waals surface area contributed by atoms with E-state index < -0.39 is 0 Å². The second kappa shape index (κ2) is 2.99. The molecule has 0 unspecified atom stereocenters. The predicted molar refractivity (Wildman–Crippen MR) is 57.0 cm³/mol. The van der Waals surface area contributed by atoms with Gasteiger partial charge in [-0.15, -0.1) is 0 Å². The summed E-state index contributed by atoms with van der Waals surface area (Å²) in [6, 6.07) is 8.17. The molecule has 0 N–H and O–H groups in total. The minimum absolute atomic E-state index is 0.296. The lowest BCUT2D eigenvalue weighted by Gasteiger charge is -2.25. The zero-order valence-corrected chi connectivity index (χ0v) is 8.64. The van der Waals surface area contributed by atoms with E-state index >= 15 is 0 Å². The number of nitrogens with zero attached hydrogens (tertiary/aromatic N) is 1. The fourth-order valence-electron chi connectivity index (χ4n) is 2.46. The summed E-state index contributed by atoms with van der Waals surface area (Å²) in [5.41, 5.74) is 1.01.